The molecule has 0 aliphatic rings. The minimum atomic E-state index is 0.0341. The normalized spacial score (nSPS) is 10.3. The Balaban J connectivity index is 2.37. The molecule has 15 heavy (non-hydrogen) atoms. The summed E-state index contributed by atoms with van der Waals surface area (Å²) in [6.45, 7) is 3.88. The molecular formula is C10H15N3OS. The molecule has 82 valence electrons. The van der Waals surface area contributed by atoms with Crippen molar-refractivity contribution in [3.8, 4) is 0 Å². The first-order valence-corrected chi connectivity index (χ1v) is 5.70. The number of hydrogen-bond acceptors (Lipinski definition) is 4. The number of nitrogens with two attached hydrogens (primary N) is 1. The van der Waals surface area contributed by atoms with E-state index in [0.29, 0.717) is 11.6 Å². The van der Waals surface area contributed by atoms with Crippen LogP contribution < -0.4 is 11.1 Å². The van der Waals surface area contributed by atoms with Crippen molar-refractivity contribution in [2.75, 3.05) is 11.5 Å². The molecule has 0 unspecified atom stereocenters. The van der Waals surface area contributed by atoms with Crippen LogP contribution in [0.4, 0.5) is 5.82 Å². The van der Waals surface area contributed by atoms with Gasteiger partial charge < -0.3 is 11.1 Å². The number of carbonyl (C=O) groups is 1. The average Bonchev–Trinajstić information content (AvgIpc) is 2.16. The molecule has 0 bridgehead atoms. The van der Waals surface area contributed by atoms with E-state index in [1.54, 1.807) is 12.3 Å². The molecule has 1 amide bonds. The highest BCUT2D eigenvalue weighted by atomic mass is 32.2. The zero-order valence-electron chi connectivity index (χ0n) is 8.86. The van der Waals surface area contributed by atoms with Gasteiger partial charge in [0.15, 0.2) is 0 Å². The van der Waals surface area contributed by atoms with Crippen molar-refractivity contribution in [1.29, 1.82) is 0 Å². The standard InChI is InChI=1S/C10H15N3OS/c1-7(2)13-10(14)6-15-8-3-4-9(11)12-5-8/h3-5,7H,6H2,1-2H3,(H2,11,12)(H,13,14). The van der Waals surface area contributed by atoms with Gasteiger partial charge in [0.2, 0.25) is 5.91 Å². The molecule has 4 nitrogen and oxygen atoms in total. The van der Waals surface area contributed by atoms with E-state index in [2.05, 4.69) is 10.3 Å². The summed E-state index contributed by atoms with van der Waals surface area (Å²) in [5, 5.41) is 2.82. The summed E-state index contributed by atoms with van der Waals surface area (Å²) in [5.41, 5.74) is 5.45. The molecule has 0 aliphatic heterocycles. The molecule has 0 fully saturated rings. The Bertz CT molecular complexity index is 324. The molecule has 5 heteroatoms. The largest absolute Gasteiger partial charge is 0.384 e. The lowest BCUT2D eigenvalue weighted by Crippen LogP contribution is -2.31. The number of nitrogen functional groups attached to an aromatic ring is 1. The Hall–Kier alpha value is -1.23. The van der Waals surface area contributed by atoms with E-state index < -0.39 is 0 Å². The second-order valence-corrected chi connectivity index (χ2v) is 4.48. The van der Waals surface area contributed by atoms with Gasteiger partial charge in [0.25, 0.3) is 0 Å². The van der Waals surface area contributed by atoms with E-state index in [4.69, 9.17) is 5.73 Å². The molecular weight excluding hydrogens is 210 g/mol. The second-order valence-electron chi connectivity index (χ2n) is 3.43. The molecule has 0 aliphatic carbocycles. The lowest BCUT2D eigenvalue weighted by Gasteiger charge is -2.07. The van der Waals surface area contributed by atoms with Crippen molar-refractivity contribution in [3.63, 3.8) is 0 Å². The second kappa shape index (κ2) is 5.60. The van der Waals surface area contributed by atoms with Gasteiger partial charge in [-0.25, -0.2) is 4.98 Å². The zero-order valence-corrected chi connectivity index (χ0v) is 9.67. The molecule has 0 atom stereocenters. The quantitative estimate of drug-likeness (QED) is 0.757. The van der Waals surface area contributed by atoms with Gasteiger partial charge in [-0.2, -0.15) is 0 Å². The third-order valence-corrected chi connectivity index (χ3v) is 2.56. The van der Waals surface area contributed by atoms with Crippen molar-refractivity contribution >= 4 is 23.5 Å². The van der Waals surface area contributed by atoms with Crippen molar-refractivity contribution in [2.45, 2.75) is 24.8 Å². The van der Waals surface area contributed by atoms with Gasteiger partial charge >= 0.3 is 0 Å². The summed E-state index contributed by atoms with van der Waals surface area (Å²) >= 11 is 1.45. The predicted molar refractivity (Wildman–Crippen MR) is 62.7 cm³/mol. The monoisotopic (exact) mass is 225 g/mol. The van der Waals surface area contributed by atoms with E-state index in [0.717, 1.165) is 4.90 Å². The predicted octanol–water partition coefficient (Wildman–Crippen LogP) is 1.28. The van der Waals surface area contributed by atoms with Gasteiger partial charge in [-0.05, 0) is 26.0 Å². The Kier molecular flexibility index (Phi) is 4.42. The van der Waals surface area contributed by atoms with Gasteiger partial charge in [-0.1, -0.05) is 0 Å². The van der Waals surface area contributed by atoms with Crippen molar-refractivity contribution in [3.05, 3.63) is 18.3 Å². The van der Waals surface area contributed by atoms with Crippen LogP contribution >= 0.6 is 11.8 Å². The number of carbonyl (C=O) groups excluding carboxylic acids is 1. The van der Waals surface area contributed by atoms with Crippen molar-refractivity contribution in [1.82, 2.24) is 10.3 Å². The summed E-state index contributed by atoms with van der Waals surface area (Å²) in [5.74, 6) is 0.932. The Labute approximate surface area is 93.7 Å². The fourth-order valence-electron chi connectivity index (χ4n) is 0.990. The SMILES string of the molecule is CC(C)NC(=O)CSc1ccc(N)nc1. The van der Waals surface area contributed by atoms with Crippen LogP contribution in [-0.2, 0) is 4.79 Å². The molecule has 1 heterocycles. The van der Waals surface area contributed by atoms with Gasteiger partial charge in [-0.15, -0.1) is 11.8 Å². The summed E-state index contributed by atoms with van der Waals surface area (Å²) in [7, 11) is 0. The third-order valence-electron chi connectivity index (χ3n) is 1.58. The van der Waals surface area contributed by atoms with E-state index in [9.17, 15) is 4.79 Å². The first kappa shape index (κ1) is 11.8. The Morgan fingerprint density at radius 1 is 1.60 bits per heavy atom. The van der Waals surface area contributed by atoms with Gasteiger partial charge in [-0.3, -0.25) is 4.79 Å². The summed E-state index contributed by atoms with van der Waals surface area (Å²) < 4.78 is 0. The maximum absolute atomic E-state index is 11.3. The highest BCUT2D eigenvalue weighted by Gasteiger charge is 2.04. The topological polar surface area (TPSA) is 68.0 Å². The third kappa shape index (κ3) is 4.69. The maximum Gasteiger partial charge on any atom is 0.230 e. The molecule has 1 rings (SSSR count). The van der Waals surface area contributed by atoms with Crippen LogP contribution in [-0.4, -0.2) is 22.7 Å². The number of aromatic nitrogens is 1. The number of rotatable bonds is 4. The smallest absolute Gasteiger partial charge is 0.230 e. The molecule has 0 aromatic carbocycles. The lowest BCUT2D eigenvalue weighted by molar-refractivity contribution is -0.119. The van der Waals surface area contributed by atoms with E-state index >= 15 is 0 Å². The van der Waals surface area contributed by atoms with Crippen LogP contribution in [0.5, 0.6) is 0 Å². The molecule has 1 aromatic rings. The fourth-order valence-corrected chi connectivity index (χ4v) is 1.66. The maximum atomic E-state index is 11.3. The number of anilines is 1. The highest BCUT2D eigenvalue weighted by molar-refractivity contribution is 8.00. The molecule has 0 radical (unpaired) electrons. The summed E-state index contributed by atoms with van der Waals surface area (Å²) in [6, 6.07) is 3.76. The first-order valence-electron chi connectivity index (χ1n) is 4.71. The van der Waals surface area contributed by atoms with E-state index in [-0.39, 0.29) is 11.9 Å². The van der Waals surface area contributed by atoms with Gasteiger partial charge in [0.1, 0.15) is 5.82 Å². The average molecular weight is 225 g/mol. The number of hydrogen-bond donors (Lipinski definition) is 2. The number of nitrogens with zero attached hydrogens (tertiary/aromatic N) is 1. The molecule has 0 spiro atoms. The highest BCUT2D eigenvalue weighted by Crippen LogP contribution is 2.16. The van der Waals surface area contributed by atoms with Gasteiger partial charge in [0, 0.05) is 17.1 Å². The first-order chi connectivity index (χ1) is 7.08. The van der Waals surface area contributed by atoms with Crippen LogP contribution in [0.3, 0.4) is 0 Å². The van der Waals surface area contributed by atoms with E-state index in [1.165, 1.54) is 11.8 Å². The number of nitrogens with one attached hydrogen (secondary N) is 1. The Morgan fingerprint density at radius 3 is 2.87 bits per heavy atom. The van der Waals surface area contributed by atoms with Gasteiger partial charge in [0.05, 0.1) is 5.75 Å². The molecule has 0 saturated carbocycles. The van der Waals surface area contributed by atoms with Crippen LogP contribution in [0.15, 0.2) is 23.2 Å². The minimum absolute atomic E-state index is 0.0341. The number of thioether (sulfide) groups is 1. The van der Waals surface area contributed by atoms with Crippen molar-refractivity contribution in [2.24, 2.45) is 0 Å². The van der Waals surface area contributed by atoms with Crippen LogP contribution in [0, 0.1) is 0 Å². The fraction of sp³-hybridized carbons (Fsp3) is 0.400. The lowest BCUT2D eigenvalue weighted by atomic mass is 10.4. The minimum Gasteiger partial charge on any atom is -0.384 e. The molecule has 0 saturated heterocycles. The van der Waals surface area contributed by atoms with Crippen LogP contribution in [0.25, 0.3) is 0 Å². The number of pyridine rings is 1. The summed E-state index contributed by atoms with van der Waals surface area (Å²) in [4.78, 5) is 16.2. The summed E-state index contributed by atoms with van der Waals surface area (Å²) in [6.07, 6.45) is 1.67. The van der Waals surface area contributed by atoms with Crippen LogP contribution in [0.1, 0.15) is 13.8 Å². The molecule has 1 aromatic heterocycles. The molecule has 3 N–H and O–H groups in total. The van der Waals surface area contributed by atoms with Crippen molar-refractivity contribution < 1.29 is 4.79 Å². The number of amides is 1. The van der Waals surface area contributed by atoms with Crippen LogP contribution in [0.2, 0.25) is 0 Å². The zero-order chi connectivity index (χ0) is 11.3. The Morgan fingerprint density at radius 2 is 2.33 bits per heavy atom. The van der Waals surface area contributed by atoms with E-state index in [1.807, 2.05) is 19.9 Å².